The van der Waals surface area contributed by atoms with Crippen molar-refractivity contribution >= 4 is 29.0 Å². The second-order valence-electron chi connectivity index (χ2n) is 6.49. The number of hydrogen-bond acceptors (Lipinski definition) is 3. The third kappa shape index (κ3) is 3.96. The maximum atomic E-state index is 12.3. The minimum absolute atomic E-state index is 0.0940. The van der Waals surface area contributed by atoms with Crippen LogP contribution in [0, 0.1) is 13.8 Å². The lowest BCUT2D eigenvalue weighted by Gasteiger charge is -2.19. The van der Waals surface area contributed by atoms with E-state index in [1.54, 1.807) is 30.2 Å². The maximum absolute atomic E-state index is 12.3. The number of anilines is 3. The topological polar surface area (TPSA) is 70.7 Å². The van der Waals surface area contributed by atoms with Crippen molar-refractivity contribution in [2.24, 2.45) is 0 Å². The van der Waals surface area contributed by atoms with Crippen LogP contribution >= 0.6 is 0 Å². The Labute approximate surface area is 153 Å². The number of ether oxygens (including phenoxy) is 1. The lowest BCUT2D eigenvalue weighted by atomic mass is 10.1. The van der Waals surface area contributed by atoms with E-state index in [1.165, 1.54) is 0 Å². The van der Waals surface area contributed by atoms with E-state index < -0.39 is 0 Å². The number of rotatable bonds is 4. The average molecular weight is 353 g/mol. The summed E-state index contributed by atoms with van der Waals surface area (Å²) in [5, 5.41) is 5.63. The highest BCUT2D eigenvalue weighted by atomic mass is 16.5. The second-order valence-corrected chi connectivity index (χ2v) is 6.49. The molecule has 0 radical (unpaired) electrons. The van der Waals surface area contributed by atoms with Gasteiger partial charge in [0.2, 0.25) is 5.91 Å². The number of methoxy groups -OCH3 is 1. The molecule has 136 valence electrons. The number of aryl methyl sites for hydroxylation is 2. The van der Waals surface area contributed by atoms with E-state index in [1.807, 2.05) is 32.0 Å². The van der Waals surface area contributed by atoms with Crippen LogP contribution in [0.25, 0.3) is 0 Å². The summed E-state index contributed by atoms with van der Waals surface area (Å²) >= 11 is 0. The first kappa shape index (κ1) is 17.8. The van der Waals surface area contributed by atoms with Crippen LogP contribution in [-0.4, -0.2) is 25.6 Å². The summed E-state index contributed by atoms with van der Waals surface area (Å²) in [7, 11) is 1.55. The van der Waals surface area contributed by atoms with Crippen molar-refractivity contribution in [2.75, 3.05) is 29.2 Å². The Hall–Kier alpha value is -3.02. The highest BCUT2D eigenvalue weighted by molar-refractivity contribution is 6.01. The standard InChI is InChI=1S/C20H23N3O3/c1-13-9-14(2)11-16(10-13)22-20(25)21-15-6-7-17(18(12-15)26-3)23-8-4-5-19(23)24/h6-7,9-12H,4-5,8H2,1-3H3,(H2,21,22,25). The first-order valence-corrected chi connectivity index (χ1v) is 8.61. The quantitative estimate of drug-likeness (QED) is 0.870. The van der Waals surface area contributed by atoms with Gasteiger partial charge in [-0.3, -0.25) is 4.79 Å². The molecule has 2 aromatic rings. The molecule has 2 N–H and O–H groups in total. The molecule has 0 aliphatic carbocycles. The van der Waals surface area contributed by atoms with Gasteiger partial charge in [-0.25, -0.2) is 4.79 Å². The predicted molar refractivity (Wildman–Crippen MR) is 103 cm³/mol. The molecule has 0 saturated carbocycles. The lowest BCUT2D eigenvalue weighted by Crippen LogP contribution is -2.24. The van der Waals surface area contributed by atoms with E-state index in [0.29, 0.717) is 24.4 Å². The van der Waals surface area contributed by atoms with E-state index in [9.17, 15) is 9.59 Å². The van der Waals surface area contributed by atoms with Crippen LogP contribution in [-0.2, 0) is 4.79 Å². The predicted octanol–water partition coefficient (Wildman–Crippen LogP) is 4.08. The van der Waals surface area contributed by atoms with E-state index in [-0.39, 0.29) is 11.9 Å². The zero-order valence-electron chi connectivity index (χ0n) is 15.3. The van der Waals surface area contributed by atoms with E-state index in [2.05, 4.69) is 10.6 Å². The molecule has 6 heteroatoms. The Balaban J connectivity index is 1.73. The minimum Gasteiger partial charge on any atom is -0.494 e. The van der Waals surface area contributed by atoms with Crippen molar-refractivity contribution in [3.05, 3.63) is 47.5 Å². The van der Waals surface area contributed by atoms with Crippen molar-refractivity contribution in [3.63, 3.8) is 0 Å². The number of hydrogen-bond donors (Lipinski definition) is 2. The summed E-state index contributed by atoms with van der Waals surface area (Å²) < 4.78 is 5.41. The normalized spacial score (nSPS) is 13.7. The molecule has 1 fully saturated rings. The van der Waals surface area contributed by atoms with Gasteiger partial charge in [0.1, 0.15) is 5.75 Å². The molecule has 3 rings (SSSR count). The molecule has 0 atom stereocenters. The van der Waals surface area contributed by atoms with Gasteiger partial charge in [0, 0.05) is 30.4 Å². The zero-order valence-corrected chi connectivity index (χ0v) is 15.3. The number of nitrogens with one attached hydrogen (secondary N) is 2. The van der Waals surface area contributed by atoms with Crippen LogP contribution in [0.4, 0.5) is 21.9 Å². The Morgan fingerprint density at radius 1 is 1.04 bits per heavy atom. The van der Waals surface area contributed by atoms with Crippen LogP contribution in [0.2, 0.25) is 0 Å². The molecule has 26 heavy (non-hydrogen) atoms. The average Bonchev–Trinajstić information content (AvgIpc) is 2.99. The first-order valence-electron chi connectivity index (χ1n) is 8.61. The molecule has 6 nitrogen and oxygen atoms in total. The number of amides is 3. The van der Waals surface area contributed by atoms with Gasteiger partial charge in [-0.2, -0.15) is 0 Å². The Kier molecular flexibility index (Phi) is 5.11. The maximum Gasteiger partial charge on any atom is 0.323 e. The fourth-order valence-corrected chi connectivity index (χ4v) is 3.22. The minimum atomic E-state index is -0.331. The van der Waals surface area contributed by atoms with Crippen molar-refractivity contribution in [2.45, 2.75) is 26.7 Å². The van der Waals surface area contributed by atoms with Gasteiger partial charge >= 0.3 is 6.03 Å². The van der Waals surface area contributed by atoms with Gasteiger partial charge in [-0.05, 0) is 55.7 Å². The van der Waals surface area contributed by atoms with Crippen LogP contribution < -0.4 is 20.3 Å². The summed E-state index contributed by atoms with van der Waals surface area (Å²) in [5.74, 6) is 0.654. The second kappa shape index (κ2) is 7.47. The molecule has 0 bridgehead atoms. The Bertz CT molecular complexity index is 828. The molecule has 1 heterocycles. The summed E-state index contributed by atoms with van der Waals surface area (Å²) in [5.41, 5.74) is 4.24. The van der Waals surface area contributed by atoms with Crippen molar-refractivity contribution in [1.82, 2.24) is 0 Å². The largest absolute Gasteiger partial charge is 0.494 e. The summed E-state index contributed by atoms with van der Waals surface area (Å²) in [4.78, 5) is 25.9. The Morgan fingerprint density at radius 3 is 2.35 bits per heavy atom. The molecule has 1 saturated heterocycles. The van der Waals surface area contributed by atoms with Gasteiger partial charge in [0.15, 0.2) is 0 Å². The summed E-state index contributed by atoms with van der Waals surface area (Å²) in [6.07, 6.45) is 1.40. The van der Waals surface area contributed by atoms with Crippen LogP contribution in [0.5, 0.6) is 5.75 Å². The molecule has 0 spiro atoms. The van der Waals surface area contributed by atoms with Crippen molar-refractivity contribution in [1.29, 1.82) is 0 Å². The smallest absolute Gasteiger partial charge is 0.323 e. The van der Waals surface area contributed by atoms with Gasteiger partial charge in [0.25, 0.3) is 0 Å². The zero-order chi connectivity index (χ0) is 18.7. The van der Waals surface area contributed by atoms with Crippen LogP contribution in [0.1, 0.15) is 24.0 Å². The monoisotopic (exact) mass is 353 g/mol. The van der Waals surface area contributed by atoms with E-state index >= 15 is 0 Å². The molecule has 3 amide bonds. The summed E-state index contributed by atoms with van der Waals surface area (Å²) in [6.45, 7) is 4.66. The van der Waals surface area contributed by atoms with Crippen molar-refractivity contribution < 1.29 is 14.3 Å². The fraction of sp³-hybridized carbons (Fsp3) is 0.300. The van der Waals surface area contributed by atoms with Crippen molar-refractivity contribution in [3.8, 4) is 5.75 Å². The number of carbonyl (C=O) groups is 2. The van der Waals surface area contributed by atoms with Gasteiger partial charge in [0.05, 0.1) is 12.8 Å². The van der Waals surface area contributed by atoms with Gasteiger partial charge in [-0.15, -0.1) is 0 Å². The molecule has 1 aliphatic heterocycles. The number of nitrogens with zero attached hydrogens (tertiary/aromatic N) is 1. The van der Waals surface area contributed by atoms with Crippen LogP contribution in [0.3, 0.4) is 0 Å². The van der Waals surface area contributed by atoms with E-state index in [4.69, 9.17) is 4.74 Å². The molecular weight excluding hydrogens is 330 g/mol. The third-order valence-electron chi connectivity index (χ3n) is 4.28. The highest BCUT2D eigenvalue weighted by Gasteiger charge is 2.24. The molecule has 0 unspecified atom stereocenters. The third-order valence-corrected chi connectivity index (χ3v) is 4.28. The molecular formula is C20H23N3O3. The number of benzene rings is 2. The first-order chi connectivity index (χ1) is 12.5. The molecule has 2 aromatic carbocycles. The number of carbonyl (C=O) groups excluding carboxylic acids is 2. The Morgan fingerprint density at radius 2 is 1.73 bits per heavy atom. The van der Waals surface area contributed by atoms with Gasteiger partial charge in [-0.1, -0.05) is 6.07 Å². The fourth-order valence-electron chi connectivity index (χ4n) is 3.22. The lowest BCUT2D eigenvalue weighted by molar-refractivity contribution is -0.117. The van der Waals surface area contributed by atoms with E-state index in [0.717, 1.165) is 28.9 Å². The molecule has 0 aromatic heterocycles. The van der Waals surface area contributed by atoms with Crippen LogP contribution in [0.15, 0.2) is 36.4 Å². The number of urea groups is 1. The SMILES string of the molecule is COc1cc(NC(=O)Nc2cc(C)cc(C)c2)ccc1N1CCCC1=O. The van der Waals surface area contributed by atoms with Gasteiger partial charge < -0.3 is 20.3 Å². The summed E-state index contributed by atoms with van der Waals surface area (Å²) in [6, 6.07) is 10.8. The highest BCUT2D eigenvalue weighted by Crippen LogP contribution is 2.33. The molecule has 1 aliphatic rings.